The second-order valence-electron chi connectivity index (χ2n) is 4.05. The van der Waals surface area contributed by atoms with Gasteiger partial charge in [0.15, 0.2) is 0 Å². The van der Waals surface area contributed by atoms with E-state index in [0.29, 0.717) is 6.54 Å². The lowest BCUT2D eigenvalue weighted by atomic mass is 10.2. The van der Waals surface area contributed by atoms with Crippen LogP contribution in [0.1, 0.15) is 17.0 Å². The third-order valence-corrected chi connectivity index (χ3v) is 2.48. The zero-order valence-electron chi connectivity index (χ0n) is 10.2. The Kier molecular flexibility index (Phi) is 3.69. The molecule has 2 heterocycles. The summed E-state index contributed by atoms with van der Waals surface area (Å²) in [6.45, 7) is 2.18. The molecule has 0 radical (unpaired) electrons. The third kappa shape index (κ3) is 3.67. The predicted octanol–water partition coefficient (Wildman–Crippen LogP) is 3.42. The van der Waals surface area contributed by atoms with Crippen molar-refractivity contribution in [2.45, 2.75) is 19.6 Å². The summed E-state index contributed by atoms with van der Waals surface area (Å²) >= 11 is 0. The van der Waals surface area contributed by atoms with Crippen molar-refractivity contribution < 1.29 is 13.2 Å². The second kappa shape index (κ2) is 5.26. The molecule has 2 rings (SSSR count). The highest BCUT2D eigenvalue weighted by molar-refractivity contribution is 5.39. The van der Waals surface area contributed by atoms with Gasteiger partial charge in [-0.05, 0) is 31.2 Å². The number of nitrogens with one attached hydrogen (secondary N) is 1. The molecule has 0 saturated carbocycles. The van der Waals surface area contributed by atoms with Gasteiger partial charge in [0, 0.05) is 11.9 Å². The second-order valence-corrected chi connectivity index (χ2v) is 4.05. The van der Waals surface area contributed by atoms with Crippen molar-refractivity contribution in [3.8, 4) is 0 Å². The number of rotatable bonds is 3. The van der Waals surface area contributed by atoms with Crippen LogP contribution in [0.3, 0.4) is 0 Å². The molecule has 0 saturated heterocycles. The van der Waals surface area contributed by atoms with Crippen LogP contribution in [-0.2, 0) is 12.7 Å². The van der Waals surface area contributed by atoms with Gasteiger partial charge in [0.05, 0.1) is 17.8 Å². The molecule has 2 aromatic heterocycles. The van der Waals surface area contributed by atoms with Crippen molar-refractivity contribution in [2.75, 3.05) is 5.32 Å². The first-order chi connectivity index (χ1) is 8.95. The smallest absolute Gasteiger partial charge is 0.364 e. The van der Waals surface area contributed by atoms with Crippen LogP contribution in [0.25, 0.3) is 0 Å². The van der Waals surface area contributed by atoms with Crippen molar-refractivity contribution in [3.05, 3.63) is 53.5 Å². The topological polar surface area (TPSA) is 37.8 Å². The van der Waals surface area contributed by atoms with Crippen molar-refractivity contribution in [2.24, 2.45) is 0 Å². The molecule has 6 heteroatoms. The molecule has 0 unspecified atom stereocenters. The molecule has 1 N–H and O–H groups in total. The number of hydrogen-bond donors (Lipinski definition) is 1. The lowest BCUT2D eigenvalue weighted by Crippen LogP contribution is -2.08. The predicted molar refractivity (Wildman–Crippen MR) is 65.5 cm³/mol. The number of anilines is 1. The Labute approximate surface area is 108 Å². The van der Waals surface area contributed by atoms with E-state index in [1.807, 2.05) is 19.1 Å². The molecule has 100 valence electrons. The molecular formula is C13H12F3N3. The molecule has 0 fully saturated rings. The van der Waals surface area contributed by atoms with Gasteiger partial charge in [-0.2, -0.15) is 13.2 Å². The number of nitrogens with zero attached hydrogens (tertiary/aromatic N) is 2. The van der Waals surface area contributed by atoms with Gasteiger partial charge in [0.25, 0.3) is 0 Å². The van der Waals surface area contributed by atoms with Gasteiger partial charge in [0.2, 0.25) is 0 Å². The summed E-state index contributed by atoms with van der Waals surface area (Å²) in [5.41, 5.74) is 0.887. The maximum absolute atomic E-state index is 12.5. The summed E-state index contributed by atoms with van der Waals surface area (Å²) in [5, 5.41) is 2.83. The number of halogens is 3. The van der Waals surface area contributed by atoms with Gasteiger partial charge in [0.1, 0.15) is 5.82 Å². The maximum Gasteiger partial charge on any atom is 0.416 e. The lowest BCUT2D eigenvalue weighted by molar-refractivity contribution is -0.137. The van der Waals surface area contributed by atoms with E-state index in [1.165, 1.54) is 0 Å². The summed E-state index contributed by atoms with van der Waals surface area (Å²) < 4.78 is 37.5. The summed E-state index contributed by atoms with van der Waals surface area (Å²) in [6.07, 6.45) is -3.23. The van der Waals surface area contributed by atoms with Crippen LogP contribution in [0.4, 0.5) is 19.0 Å². The van der Waals surface area contributed by atoms with Crippen LogP contribution < -0.4 is 5.32 Å². The lowest BCUT2D eigenvalue weighted by Gasteiger charge is -2.09. The first-order valence-corrected chi connectivity index (χ1v) is 5.65. The van der Waals surface area contributed by atoms with Gasteiger partial charge < -0.3 is 5.32 Å². The summed E-state index contributed by atoms with van der Waals surface area (Å²) in [5.74, 6) is 0.179. The molecule has 0 spiro atoms. The van der Waals surface area contributed by atoms with Crippen LogP contribution in [0.5, 0.6) is 0 Å². The normalized spacial score (nSPS) is 11.4. The van der Waals surface area contributed by atoms with E-state index in [4.69, 9.17) is 0 Å². The van der Waals surface area contributed by atoms with E-state index < -0.39 is 11.7 Å². The Hall–Kier alpha value is -2.11. The Balaban J connectivity index is 2.08. The standard InChI is InChI=1S/C13H12F3N3/c1-9-3-2-4-11(19-9)8-18-12-7-10(5-6-17-12)13(14,15)16/h2-7H,8H2,1H3,(H,17,18). The number of aryl methyl sites for hydroxylation is 1. The van der Waals surface area contributed by atoms with Gasteiger partial charge in [-0.25, -0.2) is 4.98 Å². The Bertz CT molecular complexity index is 567. The van der Waals surface area contributed by atoms with Gasteiger partial charge in [-0.15, -0.1) is 0 Å². The van der Waals surface area contributed by atoms with Crippen LogP contribution in [0, 0.1) is 6.92 Å². The highest BCUT2D eigenvalue weighted by Crippen LogP contribution is 2.29. The first kappa shape index (κ1) is 13.3. The molecule has 0 aliphatic rings. The Morgan fingerprint density at radius 1 is 1.21 bits per heavy atom. The zero-order chi connectivity index (χ0) is 13.9. The molecule has 0 atom stereocenters. The highest BCUT2D eigenvalue weighted by Gasteiger charge is 2.30. The van der Waals surface area contributed by atoms with E-state index in [1.54, 1.807) is 6.07 Å². The quantitative estimate of drug-likeness (QED) is 0.926. The minimum atomic E-state index is -4.36. The van der Waals surface area contributed by atoms with E-state index >= 15 is 0 Å². The van der Waals surface area contributed by atoms with Crippen molar-refractivity contribution >= 4 is 5.82 Å². The van der Waals surface area contributed by atoms with Crippen molar-refractivity contribution in [3.63, 3.8) is 0 Å². The molecule has 0 aliphatic heterocycles. The number of pyridine rings is 2. The van der Waals surface area contributed by atoms with E-state index in [0.717, 1.165) is 29.7 Å². The first-order valence-electron chi connectivity index (χ1n) is 5.65. The third-order valence-electron chi connectivity index (χ3n) is 2.48. The van der Waals surface area contributed by atoms with Crippen LogP contribution >= 0.6 is 0 Å². The summed E-state index contributed by atoms with van der Waals surface area (Å²) in [6, 6.07) is 7.42. The molecule has 0 amide bonds. The highest BCUT2D eigenvalue weighted by atomic mass is 19.4. The fourth-order valence-electron chi connectivity index (χ4n) is 1.58. The van der Waals surface area contributed by atoms with Gasteiger partial charge in [-0.1, -0.05) is 6.07 Å². The number of alkyl halides is 3. The fraction of sp³-hybridized carbons (Fsp3) is 0.231. The largest absolute Gasteiger partial charge is 0.416 e. The molecule has 0 bridgehead atoms. The average molecular weight is 267 g/mol. The maximum atomic E-state index is 12.5. The number of aromatic nitrogens is 2. The monoisotopic (exact) mass is 267 g/mol. The average Bonchev–Trinajstić information content (AvgIpc) is 2.36. The molecule has 2 aromatic rings. The zero-order valence-corrected chi connectivity index (χ0v) is 10.2. The van der Waals surface area contributed by atoms with E-state index in [-0.39, 0.29) is 5.82 Å². The van der Waals surface area contributed by atoms with Crippen molar-refractivity contribution in [1.29, 1.82) is 0 Å². The Morgan fingerprint density at radius 2 is 2.00 bits per heavy atom. The van der Waals surface area contributed by atoms with Gasteiger partial charge in [-0.3, -0.25) is 4.98 Å². The fourth-order valence-corrected chi connectivity index (χ4v) is 1.58. The summed E-state index contributed by atoms with van der Waals surface area (Å²) in [7, 11) is 0. The Morgan fingerprint density at radius 3 is 2.68 bits per heavy atom. The van der Waals surface area contributed by atoms with Crippen LogP contribution in [0.2, 0.25) is 0 Å². The van der Waals surface area contributed by atoms with E-state index in [2.05, 4.69) is 15.3 Å². The van der Waals surface area contributed by atoms with Crippen molar-refractivity contribution in [1.82, 2.24) is 9.97 Å². The number of hydrogen-bond acceptors (Lipinski definition) is 3. The molecule has 19 heavy (non-hydrogen) atoms. The van der Waals surface area contributed by atoms with Crippen LogP contribution in [-0.4, -0.2) is 9.97 Å². The molecule has 3 nitrogen and oxygen atoms in total. The molecule has 0 aromatic carbocycles. The SMILES string of the molecule is Cc1cccc(CNc2cc(C(F)(F)F)ccn2)n1. The molecule has 0 aliphatic carbocycles. The minimum Gasteiger partial charge on any atom is -0.364 e. The summed E-state index contributed by atoms with van der Waals surface area (Å²) in [4.78, 5) is 8.10. The molecular weight excluding hydrogens is 255 g/mol. The van der Waals surface area contributed by atoms with Gasteiger partial charge >= 0.3 is 6.18 Å². The van der Waals surface area contributed by atoms with E-state index in [9.17, 15) is 13.2 Å². The van der Waals surface area contributed by atoms with Crippen LogP contribution in [0.15, 0.2) is 36.5 Å². The minimum absolute atomic E-state index is 0.179.